The number of hydrogen-bond acceptors (Lipinski definition) is 5. The summed E-state index contributed by atoms with van der Waals surface area (Å²) < 4.78 is 7.14. The minimum atomic E-state index is -0.790. The number of aromatic nitrogens is 1. The summed E-state index contributed by atoms with van der Waals surface area (Å²) >= 11 is 0. The van der Waals surface area contributed by atoms with E-state index in [1.165, 1.54) is 6.08 Å². The molecule has 1 aromatic heterocycles. The molecule has 35 heavy (non-hydrogen) atoms. The summed E-state index contributed by atoms with van der Waals surface area (Å²) in [5, 5.41) is 3.04. The molecule has 0 atom stereocenters. The van der Waals surface area contributed by atoms with E-state index in [1.54, 1.807) is 29.3 Å². The van der Waals surface area contributed by atoms with Crippen molar-refractivity contribution in [2.24, 2.45) is 0 Å². The number of fused-ring (bicyclic) bond motifs is 1. The van der Waals surface area contributed by atoms with E-state index in [1.807, 2.05) is 41.8 Å². The number of aryl methyl sites for hydroxylation is 1. The number of barbiturate groups is 1. The molecule has 2 aromatic carbocycles. The predicted octanol–water partition coefficient (Wildman–Crippen LogP) is 2.47. The third kappa shape index (κ3) is 4.33. The lowest BCUT2D eigenvalue weighted by Crippen LogP contribution is -2.54. The van der Waals surface area contributed by atoms with E-state index in [-0.39, 0.29) is 18.0 Å². The van der Waals surface area contributed by atoms with Crippen LogP contribution >= 0.6 is 0 Å². The van der Waals surface area contributed by atoms with Gasteiger partial charge in [0.1, 0.15) is 12.1 Å². The lowest BCUT2D eigenvalue weighted by atomic mass is 10.1. The predicted molar refractivity (Wildman–Crippen MR) is 130 cm³/mol. The van der Waals surface area contributed by atoms with E-state index >= 15 is 0 Å². The molecule has 2 saturated heterocycles. The standard InChI is InChI=1S/C26H24N4O5/c1-17-5-4-6-19(13-17)30-25(33)21(24(32)27-26(30)34)14-18-15-29(22-8-3-2-7-20(18)22)16-23(31)28-9-11-35-12-10-28/h2-8,13-15H,9-12,16H2,1H3,(H,27,32,34). The van der Waals surface area contributed by atoms with Crippen LogP contribution in [-0.2, 0) is 25.7 Å². The van der Waals surface area contributed by atoms with E-state index in [0.29, 0.717) is 37.6 Å². The lowest BCUT2D eigenvalue weighted by molar-refractivity contribution is -0.135. The Labute approximate surface area is 201 Å². The van der Waals surface area contributed by atoms with Gasteiger partial charge in [0.05, 0.1) is 18.9 Å². The molecule has 0 unspecified atom stereocenters. The van der Waals surface area contributed by atoms with Crippen molar-refractivity contribution < 1.29 is 23.9 Å². The summed E-state index contributed by atoms with van der Waals surface area (Å²) in [6, 6.07) is 13.6. The fraction of sp³-hybridized carbons (Fsp3) is 0.231. The Kier molecular flexibility index (Phi) is 5.92. The summed E-state index contributed by atoms with van der Waals surface area (Å²) in [7, 11) is 0. The normalized spacial score (nSPS) is 17.9. The van der Waals surface area contributed by atoms with E-state index in [4.69, 9.17) is 4.74 Å². The van der Waals surface area contributed by atoms with Crippen molar-refractivity contribution in [3.8, 4) is 0 Å². The fourth-order valence-electron chi connectivity index (χ4n) is 4.39. The molecule has 2 fully saturated rings. The van der Waals surface area contributed by atoms with Gasteiger partial charge in [0, 0.05) is 35.8 Å². The average Bonchev–Trinajstić information content (AvgIpc) is 3.19. The number of anilines is 1. The molecular formula is C26H24N4O5. The third-order valence-corrected chi connectivity index (χ3v) is 6.15. The Morgan fingerprint density at radius 3 is 2.60 bits per heavy atom. The van der Waals surface area contributed by atoms with Gasteiger partial charge in [0.2, 0.25) is 5.91 Å². The highest BCUT2D eigenvalue weighted by atomic mass is 16.5. The molecule has 5 amide bonds. The first-order valence-corrected chi connectivity index (χ1v) is 11.3. The number of ether oxygens (including phenoxy) is 1. The molecule has 3 heterocycles. The van der Waals surface area contributed by atoms with Crippen molar-refractivity contribution in [3.63, 3.8) is 0 Å². The van der Waals surface area contributed by atoms with Crippen LogP contribution in [0.4, 0.5) is 10.5 Å². The number of urea groups is 1. The van der Waals surface area contributed by atoms with Gasteiger partial charge in [-0.1, -0.05) is 30.3 Å². The minimum absolute atomic E-state index is 0.0315. The van der Waals surface area contributed by atoms with Crippen molar-refractivity contribution in [3.05, 3.63) is 71.4 Å². The van der Waals surface area contributed by atoms with E-state index in [9.17, 15) is 19.2 Å². The molecule has 3 aromatic rings. The zero-order valence-corrected chi connectivity index (χ0v) is 19.2. The summed E-state index contributed by atoms with van der Waals surface area (Å²) in [5.41, 5.74) is 2.50. The molecule has 2 aliphatic heterocycles. The van der Waals surface area contributed by atoms with Gasteiger partial charge in [-0.05, 0) is 36.8 Å². The Morgan fingerprint density at radius 1 is 1.06 bits per heavy atom. The summed E-state index contributed by atoms with van der Waals surface area (Å²) in [4.78, 5) is 54.0. The average molecular weight is 473 g/mol. The molecule has 2 aliphatic rings. The van der Waals surface area contributed by atoms with Crippen molar-refractivity contribution in [1.29, 1.82) is 0 Å². The van der Waals surface area contributed by atoms with Crippen LogP contribution < -0.4 is 10.2 Å². The number of hydrogen-bond donors (Lipinski definition) is 1. The first-order valence-electron chi connectivity index (χ1n) is 11.3. The first kappa shape index (κ1) is 22.5. The van der Waals surface area contributed by atoms with Gasteiger partial charge in [-0.15, -0.1) is 0 Å². The van der Waals surface area contributed by atoms with Crippen LogP contribution in [0.15, 0.2) is 60.3 Å². The number of rotatable bonds is 4. The Morgan fingerprint density at radius 2 is 1.83 bits per heavy atom. The van der Waals surface area contributed by atoms with Crippen molar-refractivity contribution >= 4 is 46.4 Å². The summed E-state index contributed by atoms with van der Waals surface area (Å²) in [6.45, 7) is 4.10. The number of morpholine rings is 1. The largest absolute Gasteiger partial charge is 0.378 e. The smallest absolute Gasteiger partial charge is 0.335 e. The summed E-state index contributed by atoms with van der Waals surface area (Å²) in [6.07, 6.45) is 3.23. The zero-order valence-electron chi connectivity index (χ0n) is 19.2. The number of nitrogens with zero attached hydrogens (tertiary/aromatic N) is 3. The molecule has 0 saturated carbocycles. The number of nitrogens with one attached hydrogen (secondary N) is 1. The van der Waals surface area contributed by atoms with Crippen molar-refractivity contribution in [1.82, 2.24) is 14.8 Å². The van der Waals surface area contributed by atoms with E-state index in [0.717, 1.165) is 21.4 Å². The quantitative estimate of drug-likeness (QED) is 0.465. The summed E-state index contributed by atoms with van der Waals surface area (Å²) in [5.74, 6) is -1.49. The second-order valence-electron chi connectivity index (χ2n) is 8.52. The lowest BCUT2D eigenvalue weighted by Gasteiger charge is -2.27. The number of benzene rings is 2. The molecule has 1 N–H and O–H groups in total. The Balaban J connectivity index is 1.51. The maximum atomic E-state index is 13.3. The van der Waals surface area contributed by atoms with Crippen LogP contribution in [0.1, 0.15) is 11.1 Å². The van der Waals surface area contributed by atoms with Crippen molar-refractivity contribution in [2.45, 2.75) is 13.5 Å². The maximum absolute atomic E-state index is 13.3. The highest BCUT2D eigenvalue weighted by Gasteiger charge is 2.37. The molecule has 0 spiro atoms. The second kappa shape index (κ2) is 9.19. The van der Waals surface area contributed by atoms with Crippen LogP contribution in [-0.4, -0.2) is 59.5 Å². The van der Waals surface area contributed by atoms with Gasteiger partial charge in [-0.25, -0.2) is 9.69 Å². The molecule has 0 bridgehead atoms. The van der Waals surface area contributed by atoms with E-state index in [2.05, 4.69) is 5.32 Å². The second-order valence-corrected chi connectivity index (χ2v) is 8.52. The van der Waals surface area contributed by atoms with Crippen LogP contribution in [0.5, 0.6) is 0 Å². The molecule has 5 rings (SSSR count). The molecular weight excluding hydrogens is 448 g/mol. The van der Waals surface area contributed by atoms with Crippen LogP contribution in [0.25, 0.3) is 17.0 Å². The van der Waals surface area contributed by atoms with Crippen LogP contribution in [0.2, 0.25) is 0 Å². The SMILES string of the molecule is Cc1cccc(N2C(=O)NC(=O)C(=Cc3cn(CC(=O)N4CCOCC4)c4ccccc34)C2=O)c1. The highest BCUT2D eigenvalue weighted by Crippen LogP contribution is 2.27. The molecule has 178 valence electrons. The highest BCUT2D eigenvalue weighted by molar-refractivity contribution is 6.39. The topological polar surface area (TPSA) is 101 Å². The van der Waals surface area contributed by atoms with Crippen LogP contribution in [0, 0.1) is 6.92 Å². The van der Waals surface area contributed by atoms with Gasteiger partial charge in [-0.2, -0.15) is 0 Å². The number of para-hydroxylation sites is 1. The molecule has 0 radical (unpaired) electrons. The molecule has 9 nitrogen and oxygen atoms in total. The number of carbonyl (C=O) groups is 4. The van der Waals surface area contributed by atoms with Gasteiger partial charge in [0.25, 0.3) is 11.8 Å². The first-order chi connectivity index (χ1) is 16.9. The Bertz CT molecular complexity index is 1380. The Hall–Kier alpha value is -4.24. The van der Waals surface area contributed by atoms with Gasteiger partial charge in [-0.3, -0.25) is 19.7 Å². The fourth-order valence-corrected chi connectivity index (χ4v) is 4.39. The third-order valence-electron chi connectivity index (χ3n) is 6.15. The van der Waals surface area contributed by atoms with Crippen molar-refractivity contribution in [2.75, 3.05) is 31.2 Å². The maximum Gasteiger partial charge on any atom is 0.335 e. The molecule has 0 aliphatic carbocycles. The van der Waals surface area contributed by atoms with Gasteiger partial charge in [0.15, 0.2) is 0 Å². The minimum Gasteiger partial charge on any atom is -0.378 e. The zero-order chi connectivity index (χ0) is 24.5. The van der Waals surface area contributed by atoms with Crippen LogP contribution in [0.3, 0.4) is 0 Å². The van der Waals surface area contributed by atoms with E-state index < -0.39 is 17.8 Å². The van der Waals surface area contributed by atoms with Gasteiger partial charge < -0.3 is 14.2 Å². The number of carbonyl (C=O) groups excluding carboxylic acids is 4. The molecule has 9 heteroatoms. The number of amides is 5. The van der Waals surface area contributed by atoms with Gasteiger partial charge >= 0.3 is 6.03 Å². The number of imide groups is 2. The monoisotopic (exact) mass is 472 g/mol.